The van der Waals surface area contributed by atoms with E-state index in [-0.39, 0.29) is 0 Å². The fourth-order valence-corrected chi connectivity index (χ4v) is 2.03. The monoisotopic (exact) mass is 291 g/mol. The molecule has 0 amide bonds. The largest absolute Gasteiger partial charge is 0.468 e. The fraction of sp³-hybridized carbons (Fsp3) is 0.188. The molecule has 0 heterocycles. The van der Waals surface area contributed by atoms with Crippen LogP contribution in [0.4, 0.5) is 8.78 Å². The van der Waals surface area contributed by atoms with Crippen LogP contribution >= 0.6 is 0 Å². The second kappa shape index (κ2) is 6.45. The summed E-state index contributed by atoms with van der Waals surface area (Å²) in [6, 6.07) is 9.62. The molecule has 3 nitrogen and oxygen atoms in total. The van der Waals surface area contributed by atoms with Crippen molar-refractivity contribution in [3.63, 3.8) is 0 Å². The molecular weight excluding hydrogens is 276 g/mol. The van der Waals surface area contributed by atoms with Crippen molar-refractivity contribution in [2.45, 2.75) is 12.5 Å². The highest BCUT2D eigenvalue weighted by molar-refractivity contribution is 5.75. The van der Waals surface area contributed by atoms with Gasteiger partial charge < -0.3 is 10.5 Å². The zero-order valence-corrected chi connectivity index (χ0v) is 11.5. The van der Waals surface area contributed by atoms with Crippen LogP contribution in [0.2, 0.25) is 0 Å². The molecule has 2 aromatic carbocycles. The Morgan fingerprint density at radius 2 is 1.86 bits per heavy atom. The second-order valence-corrected chi connectivity index (χ2v) is 4.65. The van der Waals surface area contributed by atoms with Gasteiger partial charge in [0.15, 0.2) is 0 Å². The molecular formula is C16H15F2NO2. The second-order valence-electron chi connectivity index (χ2n) is 4.65. The minimum Gasteiger partial charge on any atom is -0.468 e. The standard InChI is InChI=1S/C16H15F2NO2/c1-21-16(20)15(19)8-10-2-4-11(5-3-10)13-7-6-12(17)9-14(13)18/h2-7,9,15H,8,19H2,1H3. The summed E-state index contributed by atoms with van der Waals surface area (Å²) in [5.74, 6) is -1.71. The molecule has 0 aromatic heterocycles. The predicted octanol–water partition coefficient (Wildman–Crippen LogP) is 2.67. The van der Waals surface area contributed by atoms with Crippen molar-refractivity contribution < 1.29 is 18.3 Å². The zero-order chi connectivity index (χ0) is 15.4. The van der Waals surface area contributed by atoms with Gasteiger partial charge in [-0.3, -0.25) is 4.79 Å². The van der Waals surface area contributed by atoms with E-state index in [1.54, 1.807) is 24.3 Å². The zero-order valence-electron chi connectivity index (χ0n) is 11.5. The number of halogens is 2. The van der Waals surface area contributed by atoms with Gasteiger partial charge in [-0.05, 0) is 29.7 Å². The highest BCUT2D eigenvalue weighted by Crippen LogP contribution is 2.24. The van der Waals surface area contributed by atoms with Crippen molar-refractivity contribution in [1.29, 1.82) is 0 Å². The van der Waals surface area contributed by atoms with Gasteiger partial charge >= 0.3 is 5.97 Å². The molecule has 5 heteroatoms. The first kappa shape index (κ1) is 15.1. The lowest BCUT2D eigenvalue weighted by Crippen LogP contribution is -2.33. The van der Waals surface area contributed by atoms with E-state index in [4.69, 9.17) is 5.73 Å². The molecule has 0 saturated carbocycles. The van der Waals surface area contributed by atoms with Crippen molar-refractivity contribution in [3.05, 3.63) is 59.7 Å². The van der Waals surface area contributed by atoms with Crippen molar-refractivity contribution in [2.75, 3.05) is 7.11 Å². The highest BCUT2D eigenvalue weighted by Gasteiger charge is 2.14. The number of hydrogen-bond acceptors (Lipinski definition) is 3. The minimum absolute atomic E-state index is 0.320. The Kier molecular flexibility index (Phi) is 4.65. The van der Waals surface area contributed by atoms with E-state index in [1.165, 1.54) is 19.2 Å². The van der Waals surface area contributed by atoms with Crippen LogP contribution in [-0.4, -0.2) is 19.1 Å². The van der Waals surface area contributed by atoms with Gasteiger partial charge in [0.25, 0.3) is 0 Å². The highest BCUT2D eigenvalue weighted by atomic mass is 19.1. The van der Waals surface area contributed by atoms with Gasteiger partial charge in [0.05, 0.1) is 7.11 Å². The maximum Gasteiger partial charge on any atom is 0.322 e. The molecule has 0 fully saturated rings. The molecule has 0 aliphatic carbocycles. The van der Waals surface area contributed by atoms with Gasteiger partial charge in [-0.25, -0.2) is 8.78 Å². The van der Waals surface area contributed by atoms with Gasteiger partial charge in [-0.2, -0.15) is 0 Å². The Morgan fingerprint density at radius 1 is 1.19 bits per heavy atom. The molecule has 0 radical (unpaired) electrons. The predicted molar refractivity (Wildman–Crippen MR) is 75.5 cm³/mol. The van der Waals surface area contributed by atoms with Crippen LogP contribution in [-0.2, 0) is 16.0 Å². The fourth-order valence-electron chi connectivity index (χ4n) is 2.03. The summed E-state index contributed by atoms with van der Waals surface area (Å²) in [5, 5.41) is 0. The molecule has 2 rings (SSSR count). The topological polar surface area (TPSA) is 52.3 Å². The van der Waals surface area contributed by atoms with E-state index < -0.39 is 23.6 Å². The van der Waals surface area contributed by atoms with Gasteiger partial charge in [-0.1, -0.05) is 24.3 Å². The average Bonchev–Trinajstić information content (AvgIpc) is 2.47. The molecule has 1 atom stereocenters. The Bertz CT molecular complexity index is 641. The molecule has 0 aliphatic heterocycles. The number of nitrogens with two attached hydrogens (primary N) is 1. The quantitative estimate of drug-likeness (QED) is 0.881. The van der Waals surface area contributed by atoms with Crippen LogP contribution in [0.25, 0.3) is 11.1 Å². The van der Waals surface area contributed by atoms with Crippen LogP contribution in [0, 0.1) is 11.6 Å². The van der Waals surface area contributed by atoms with Crippen molar-refractivity contribution >= 4 is 5.97 Å². The molecule has 0 saturated heterocycles. The number of rotatable bonds is 4. The van der Waals surface area contributed by atoms with Crippen LogP contribution in [0.15, 0.2) is 42.5 Å². The summed E-state index contributed by atoms with van der Waals surface area (Å²) in [5.41, 5.74) is 7.45. The lowest BCUT2D eigenvalue weighted by atomic mass is 10.0. The minimum atomic E-state index is -0.733. The van der Waals surface area contributed by atoms with Gasteiger partial charge in [-0.15, -0.1) is 0 Å². The molecule has 0 aliphatic rings. The molecule has 2 aromatic rings. The lowest BCUT2D eigenvalue weighted by molar-refractivity contribution is -0.142. The maximum absolute atomic E-state index is 13.7. The van der Waals surface area contributed by atoms with Gasteiger partial charge in [0, 0.05) is 11.6 Å². The Morgan fingerprint density at radius 3 is 2.43 bits per heavy atom. The van der Waals surface area contributed by atoms with Gasteiger partial charge in [0.1, 0.15) is 17.7 Å². The first-order chi connectivity index (χ1) is 10.0. The average molecular weight is 291 g/mol. The molecule has 110 valence electrons. The Balaban J connectivity index is 2.17. The third-order valence-corrected chi connectivity index (χ3v) is 3.16. The number of ether oxygens (including phenoxy) is 1. The third-order valence-electron chi connectivity index (χ3n) is 3.16. The van der Waals surface area contributed by atoms with E-state index in [2.05, 4.69) is 4.74 Å². The van der Waals surface area contributed by atoms with Gasteiger partial charge in [0.2, 0.25) is 0 Å². The van der Waals surface area contributed by atoms with Crippen molar-refractivity contribution in [2.24, 2.45) is 5.73 Å². The van der Waals surface area contributed by atoms with E-state index in [0.717, 1.165) is 11.6 Å². The van der Waals surface area contributed by atoms with E-state index in [0.29, 0.717) is 17.5 Å². The summed E-state index contributed by atoms with van der Waals surface area (Å²) >= 11 is 0. The lowest BCUT2D eigenvalue weighted by Gasteiger charge is -2.10. The summed E-state index contributed by atoms with van der Waals surface area (Å²) in [7, 11) is 1.28. The number of hydrogen-bond donors (Lipinski definition) is 1. The number of carbonyl (C=O) groups excluding carboxylic acids is 1. The number of benzene rings is 2. The molecule has 1 unspecified atom stereocenters. The first-order valence-corrected chi connectivity index (χ1v) is 6.39. The Hall–Kier alpha value is -2.27. The normalized spacial score (nSPS) is 12.0. The SMILES string of the molecule is COC(=O)C(N)Cc1ccc(-c2ccc(F)cc2F)cc1. The Labute approximate surface area is 121 Å². The number of methoxy groups -OCH3 is 1. The van der Waals surface area contributed by atoms with E-state index in [9.17, 15) is 13.6 Å². The maximum atomic E-state index is 13.7. The van der Waals surface area contributed by atoms with Crippen LogP contribution in [0.1, 0.15) is 5.56 Å². The van der Waals surface area contributed by atoms with E-state index >= 15 is 0 Å². The number of esters is 1. The summed E-state index contributed by atoms with van der Waals surface area (Å²) < 4.78 is 31.1. The number of carbonyl (C=O) groups is 1. The van der Waals surface area contributed by atoms with E-state index in [1.807, 2.05) is 0 Å². The van der Waals surface area contributed by atoms with Crippen molar-refractivity contribution in [3.8, 4) is 11.1 Å². The van der Waals surface area contributed by atoms with Crippen LogP contribution in [0.3, 0.4) is 0 Å². The van der Waals surface area contributed by atoms with Crippen molar-refractivity contribution in [1.82, 2.24) is 0 Å². The molecule has 0 spiro atoms. The molecule has 21 heavy (non-hydrogen) atoms. The smallest absolute Gasteiger partial charge is 0.322 e. The molecule has 0 bridgehead atoms. The molecule has 2 N–H and O–H groups in total. The summed E-state index contributed by atoms with van der Waals surface area (Å²) in [6.45, 7) is 0. The summed E-state index contributed by atoms with van der Waals surface area (Å²) in [4.78, 5) is 11.2. The first-order valence-electron chi connectivity index (χ1n) is 6.39. The van der Waals surface area contributed by atoms with Crippen LogP contribution in [0.5, 0.6) is 0 Å². The third kappa shape index (κ3) is 3.64. The summed E-state index contributed by atoms with van der Waals surface area (Å²) in [6.07, 6.45) is 0.332. The van der Waals surface area contributed by atoms with Crippen LogP contribution < -0.4 is 5.73 Å².